The number of aromatic amines is 1. The summed E-state index contributed by atoms with van der Waals surface area (Å²) in [5, 5.41) is 2.68. The summed E-state index contributed by atoms with van der Waals surface area (Å²) in [6.45, 7) is 0. The number of fused-ring (bicyclic) bond motifs is 1. The molecule has 0 fully saturated rings. The number of amides is 1. The van der Waals surface area contributed by atoms with Crippen LogP contribution in [-0.2, 0) is 10.0 Å². The molecule has 0 radical (unpaired) electrons. The number of nitrogens with one attached hydrogen (secondary N) is 3. The number of H-pyrrole nitrogens is 1. The third-order valence-corrected chi connectivity index (χ3v) is 5.47. The number of hydrogen-bond donors (Lipinski definition) is 3. The molecule has 0 bridgehead atoms. The molecule has 3 aromatic carbocycles. The van der Waals surface area contributed by atoms with Crippen LogP contribution in [0.2, 0.25) is 0 Å². The molecule has 0 saturated heterocycles. The summed E-state index contributed by atoms with van der Waals surface area (Å²) >= 11 is 0. The van der Waals surface area contributed by atoms with Crippen molar-refractivity contribution in [3.05, 3.63) is 84.4 Å². The van der Waals surface area contributed by atoms with Crippen LogP contribution in [0.5, 0.6) is 0 Å². The molecule has 1 heterocycles. The second kappa shape index (κ2) is 7.16. The number of aromatic nitrogens is 2. The largest absolute Gasteiger partial charge is 0.324 e. The molecular formula is C20H16N4O3S. The summed E-state index contributed by atoms with van der Waals surface area (Å²) in [5.41, 5.74) is 2.34. The third-order valence-electron chi connectivity index (χ3n) is 4.07. The van der Waals surface area contributed by atoms with Gasteiger partial charge >= 0.3 is 0 Å². The van der Waals surface area contributed by atoms with Crippen molar-refractivity contribution in [2.75, 3.05) is 10.0 Å². The Hall–Kier alpha value is -3.65. The number of hydrogen-bond acceptors (Lipinski definition) is 4. The minimum Gasteiger partial charge on any atom is -0.324 e. The summed E-state index contributed by atoms with van der Waals surface area (Å²) in [5.74, 6) is -0.0623. The Labute approximate surface area is 161 Å². The van der Waals surface area contributed by atoms with Crippen molar-refractivity contribution in [1.29, 1.82) is 0 Å². The molecule has 3 N–H and O–H groups in total. The fourth-order valence-electron chi connectivity index (χ4n) is 2.70. The molecule has 0 unspecified atom stereocenters. The first-order valence-electron chi connectivity index (χ1n) is 8.45. The molecular weight excluding hydrogens is 376 g/mol. The zero-order chi connectivity index (χ0) is 19.6. The van der Waals surface area contributed by atoms with Gasteiger partial charge in [0.1, 0.15) is 0 Å². The Morgan fingerprint density at radius 1 is 0.857 bits per heavy atom. The molecule has 1 aromatic heterocycles. The number of para-hydroxylation sites is 3. The van der Waals surface area contributed by atoms with E-state index in [1.54, 1.807) is 30.3 Å². The Morgan fingerprint density at radius 2 is 1.54 bits per heavy atom. The van der Waals surface area contributed by atoms with Gasteiger partial charge in [0.15, 0.2) is 0 Å². The van der Waals surface area contributed by atoms with Crippen LogP contribution in [0.25, 0.3) is 11.0 Å². The SMILES string of the molecule is O=C(Nc1nc2ccccc2[nH]1)c1ccc(S(=O)(=O)Nc2ccccc2)cc1. The molecule has 8 heteroatoms. The maximum absolute atomic E-state index is 12.4. The summed E-state index contributed by atoms with van der Waals surface area (Å²) in [6.07, 6.45) is 0. The lowest BCUT2D eigenvalue weighted by atomic mass is 10.2. The van der Waals surface area contributed by atoms with Gasteiger partial charge in [-0.2, -0.15) is 0 Å². The molecule has 0 aliphatic heterocycles. The lowest BCUT2D eigenvalue weighted by Crippen LogP contribution is -2.15. The number of carbonyl (C=O) groups is 1. The van der Waals surface area contributed by atoms with Crippen LogP contribution in [0, 0.1) is 0 Å². The van der Waals surface area contributed by atoms with Gasteiger partial charge in [-0.3, -0.25) is 14.8 Å². The number of benzene rings is 3. The van der Waals surface area contributed by atoms with Crippen LogP contribution in [0.15, 0.2) is 83.8 Å². The van der Waals surface area contributed by atoms with Gasteiger partial charge in [-0.25, -0.2) is 13.4 Å². The fourth-order valence-corrected chi connectivity index (χ4v) is 3.76. The predicted molar refractivity (Wildman–Crippen MR) is 108 cm³/mol. The van der Waals surface area contributed by atoms with E-state index in [-0.39, 0.29) is 10.8 Å². The van der Waals surface area contributed by atoms with Gasteiger partial charge in [0.2, 0.25) is 5.95 Å². The highest BCUT2D eigenvalue weighted by Crippen LogP contribution is 2.18. The molecule has 0 spiro atoms. The van der Waals surface area contributed by atoms with Crippen LogP contribution in [0.4, 0.5) is 11.6 Å². The van der Waals surface area contributed by atoms with Crippen LogP contribution in [-0.4, -0.2) is 24.3 Å². The van der Waals surface area contributed by atoms with E-state index < -0.39 is 10.0 Å². The van der Waals surface area contributed by atoms with E-state index in [1.807, 2.05) is 24.3 Å². The van der Waals surface area contributed by atoms with Gasteiger partial charge in [-0.1, -0.05) is 30.3 Å². The highest BCUT2D eigenvalue weighted by molar-refractivity contribution is 7.92. The lowest BCUT2D eigenvalue weighted by Gasteiger charge is -2.08. The maximum atomic E-state index is 12.4. The van der Waals surface area contributed by atoms with Crippen molar-refractivity contribution < 1.29 is 13.2 Å². The van der Waals surface area contributed by atoms with Crippen molar-refractivity contribution in [3.8, 4) is 0 Å². The molecule has 4 aromatic rings. The lowest BCUT2D eigenvalue weighted by molar-refractivity contribution is 0.102. The number of nitrogens with zero attached hydrogens (tertiary/aromatic N) is 1. The molecule has 1 amide bonds. The molecule has 28 heavy (non-hydrogen) atoms. The van der Waals surface area contributed by atoms with Crippen LogP contribution < -0.4 is 10.0 Å². The van der Waals surface area contributed by atoms with Crippen molar-refractivity contribution in [3.63, 3.8) is 0 Å². The predicted octanol–water partition coefficient (Wildman–Crippen LogP) is 3.62. The van der Waals surface area contributed by atoms with E-state index in [9.17, 15) is 13.2 Å². The average Bonchev–Trinajstić information content (AvgIpc) is 3.11. The fraction of sp³-hybridized carbons (Fsp3) is 0. The van der Waals surface area contributed by atoms with Gasteiger partial charge in [-0.15, -0.1) is 0 Å². The Kier molecular flexibility index (Phi) is 4.54. The number of imidazole rings is 1. The maximum Gasteiger partial charge on any atom is 0.261 e. The van der Waals surface area contributed by atoms with Crippen molar-refractivity contribution in [2.24, 2.45) is 0 Å². The normalized spacial score (nSPS) is 11.3. The van der Waals surface area contributed by atoms with E-state index in [0.29, 0.717) is 17.2 Å². The zero-order valence-corrected chi connectivity index (χ0v) is 15.4. The minimum absolute atomic E-state index is 0.0663. The highest BCUT2D eigenvalue weighted by atomic mass is 32.2. The van der Waals surface area contributed by atoms with Gasteiger partial charge in [0.05, 0.1) is 15.9 Å². The monoisotopic (exact) mass is 392 g/mol. The van der Waals surface area contributed by atoms with Crippen LogP contribution in [0.1, 0.15) is 10.4 Å². The molecule has 0 aliphatic rings. The van der Waals surface area contributed by atoms with Crippen LogP contribution in [0.3, 0.4) is 0 Å². The van der Waals surface area contributed by atoms with E-state index in [1.165, 1.54) is 24.3 Å². The van der Waals surface area contributed by atoms with Crippen molar-refractivity contribution in [1.82, 2.24) is 9.97 Å². The second-order valence-electron chi connectivity index (χ2n) is 6.05. The van der Waals surface area contributed by atoms with Gasteiger partial charge in [0.25, 0.3) is 15.9 Å². The second-order valence-corrected chi connectivity index (χ2v) is 7.73. The van der Waals surface area contributed by atoms with E-state index in [4.69, 9.17) is 0 Å². The number of anilines is 2. The van der Waals surface area contributed by atoms with E-state index >= 15 is 0 Å². The molecule has 0 atom stereocenters. The zero-order valence-electron chi connectivity index (χ0n) is 14.6. The first-order valence-corrected chi connectivity index (χ1v) is 9.94. The smallest absolute Gasteiger partial charge is 0.261 e. The molecule has 4 rings (SSSR count). The summed E-state index contributed by atoms with van der Waals surface area (Å²) in [7, 11) is -3.73. The Morgan fingerprint density at radius 3 is 2.25 bits per heavy atom. The van der Waals surface area contributed by atoms with E-state index in [0.717, 1.165) is 11.0 Å². The molecule has 0 saturated carbocycles. The van der Waals surface area contributed by atoms with Gasteiger partial charge in [0, 0.05) is 11.3 Å². The minimum atomic E-state index is -3.73. The third kappa shape index (κ3) is 3.72. The quantitative estimate of drug-likeness (QED) is 0.482. The van der Waals surface area contributed by atoms with E-state index in [2.05, 4.69) is 20.0 Å². The molecule has 7 nitrogen and oxygen atoms in total. The van der Waals surface area contributed by atoms with Crippen molar-refractivity contribution >= 4 is 38.6 Å². The van der Waals surface area contributed by atoms with Gasteiger partial charge < -0.3 is 4.98 Å². The van der Waals surface area contributed by atoms with Gasteiger partial charge in [-0.05, 0) is 48.5 Å². The standard InChI is InChI=1S/C20H16N4O3S/c25-19(23-20-21-17-8-4-5-9-18(17)22-20)14-10-12-16(13-11-14)28(26,27)24-15-6-2-1-3-7-15/h1-13,24H,(H2,21,22,23,25). The molecule has 0 aliphatic carbocycles. The Balaban J connectivity index is 1.49. The summed E-state index contributed by atoms with van der Waals surface area (Å²) < 4.78 is 27.4. The molecule has 140 valence electrons. The number of sulfonamides is 1. The first-order chi connectivity index (χ1) is 13.5. The highest BCUT2D eigenvalue weighted by Gasteiger charge is 2.16. The number of carbonyl (C=O) groups excluding carboxylic acids is 1. The van der Waals surface area contributed by atoms with Crippen molar-refractivity contribution in [2.45, 2.75) is 4.90 Å². The number of rotatable bonds is 5. The Bertz CT molecular complexity index is 1200. The average molecular weight is 392 g/mol. The summed E-state index contributed by atoms with van der Waals surface area (Å²) in [4.78, 5) is 19.8. The van der Waals surface area contributed by atoms with Crippen LogP contribution >= 0.6 is 0 Å². The topological polar surface area (TPSA) is 104 Å². The summed E-state index contributed by atoms with van der Waals surface area (Å²) in [6, 6.07) is 21.7. The first kappa shape index (κ1) is 17.7.